The molecule has 102 valence electrons. The summed E-state index contributed by atoms with van der Waals surface area (Å²) in [6, 6.07) is 0.812. The van der Waals surface area contributed by atoms with Crippen LogP contribution in [0.25, 0.3) is 0 Å². The summed E-state index contributed by atoms with van der Waals surface area (Å²) < 4.78 is 2.06. The van der Waals surface area contributed by atoms with Crippen LogP contribution in [0, 0.1) is 12.8 Å². The Hall–Kier alpha value is -0.870. The average Bonchev–Trinajstić information content (AvgIpc) is 2.66. The number of piperidine rings is 1. The summed E-state index contributed by atoms with van der Waals surface area (Å²) in [5.41, 5.74) is 8.58. The summed E-state index contributed by atoms with van der Waals surface area (Å²) >= 11 is 0. The van der Waals surface area contributed by atoms with Crippen LogP contribution in [0.4, 0.5) is 0 Å². The highest BCUT2D eigenvalue weighted by molar-refractivity contribution is 5.15. The first kappa shape index (κ1) is 13.6. The van der Waals surface area contributed by atoms with Crippen LogP contribution in [0.1, 0.15) is 44.5 Å². The minimum Gasteiger partial charge on any atom is -0.327 e. The van der Waals surface area contributed by atoms with Gasteiger partial charge in [0.15, 0.2) is 0 Å². The third-order valence-corrected chi connectivity index (χ3v) is 4.00. The highest BCUT2D eigenvalue weighted by Crippen LogP contribution is 2.19. The van der Waals surface area contributed by atoms with E-state index in [1.807, 2.05) is 0 Å². The first-order valence-electron chi connectivity index (χ1n) is 7.00. The second kappa shape index (κ2) is 5.41. The van der Waals surface area contributed by atoms with Crippen molar-refractivity contribution in [3.63, 3.8) is 0 Å². The van der Waals surface area contributed by atoms with Crippen LogP contribution in [0.15, 0.2) is 6.20 Å². The van der Waals surface area contributed by atoms with Crippen LogP contribution in [-0.2, 0) is 6.54 Å². The van der Waals surface area contributed by atoms with Gasteiger partial charge in [-0.3, -0.25) is 9.58 Å². The SMILES string of the molecule is Cc1nn(C(C)C)cc1CN1CCC(N)C(C)C1. The highest BCUT2D eigenvalue weighted by Gasteiger charge is 2.23. The van der Waals surface area contributed by atoms with Gasteiger partial charge >= 0.3 is 0 Å². The molecule has 2 rings (SSSR count). The van der Waals surface area contributed by atoms with E-state index in [2.05, 4.69) is 48.6 Å². The molecule has 0 saturated carbocycles. The standard InChI is InChI=1S/C14H26N4/c1-10(2)18-9-13(12(4)16-18)8-17-6-5-14(15)11(3)7-17/h9-11,14H,5-8,15H2,1-4H3. The van der Waals surface area contributed by atoms with Crippen LogP contribution in [0.5, 0.6) is 0 Å². The summed E-state index contributed by atoms with van der Waals surface area (Å²) in [7, 11) is 0. The smallest absolute Gasteiger partial charge is 0.0638 e. The number of aromatic nitrogens is 2. The third kappa shape index (κ3) is 2.93. The first-order valence-corrected chi connectivity index (χ1v) is 7.00. The molecule has 1 aliphatic rings. The number of likely N-dealkylation sites (tertiary alicyclic amines) is 1. The number of hydrogen-bond acceptors (Lipinski definition) is 3. The summed E-state index contributed by atoms with van der Waals surface area (Å²) in [6.45, 7) is 11.9. The van der Waals surface area contributed by atoms with Gasteiger partial charge in [-0.1, -0.05) is 6.92 Å². The lowest BCUT2D eigenvalue weighted by atomic mass is 9.94. The molecule has 0 bridgehead atoms. The Labute approximate surface area is 110 Å². The lowest BCUT2D eigenvalue weighted by Crippen LogP contribution is -2.45. The zero-order chi connectivity index (χ0) is 13.3. The molecule has 0 aromatic carbocycles. The molecule has 18 heavy (non-hydrogen) atoms. The first-order chi connectivity index (χ1) is 8.47. The van der Waals surface area contributed by atoms with Gasteiger partial charge in [-0.05, 0) is 39.7 Å². The van der Waals surface area contributed by atoms with Gasteiger partial charge in [-0.25, -0.2) is 0 Å². The minimum absolute atomic E-state index is 0.376. The zero-order valence-electron chi connectivity index (χ0n) is 12.1. The quantitative estimate of drug-likeness (QED) is 0.892. The fourth-order valence-corrected chi connectivity index (χ4v) is 2.57. The Morgan fingerprint density at radius 1 is 1.50 bits per heavy atom. The van der Waals surface area contributed by atoms with Crippen LogP contribution in [-0.4, -0.2) is 33.8 Å². The average molecular weight is 250 g/mol. The van der Waals surface area contributed by atoms with Gasteiger partial charge in [0.2, 0.25) is 0 Å². The van der Waals surface area contributed by atoms with E-state index in [1.54, 1.807) is 0 Å². The lowest BCUT2D eigenvalue weighted by molar-refractivity contribution is 0.157. The molecule has 2 heterocycles. The Morgan fingerprint density at radius 2 is 2.22 bits per heavy atom. The van der Waals surface area contributed by atoms with Crippen molar-refractivity contribution >= 4 is 0 Å². The number of rotatable bonds is 3. The molecule has 1 aromatic heterocycles. The Morgan fingerprint density at radius 3 is 2.78 bits per heavy atom. The van der Waals surface area contributed by atoms with Crippen molar-refractivity contribution in [2.45, 2.75) is 52.7 Å². The van der Waals surface area contributed by atoms with Crippen molar-refractivity contribution < 1.29 is 0 Å². The van der Waals surface area contributed by atoms with Gasteiger partial charge in [-0.15, -0.1) is 0 Å². The maximum absolute atomic E-state index is 6.06. The van der Waals surface area contributed by atoms with Gasteiger partial charge < -0.3 is 5.73 Å². The van der Waals surface area contributed by atoms with Gasteiger partial charge in [-0.2, -0.15) is 5.10 Å². The molecule has 1 aromatic rings. The molecule has 2 atom stereocenters. The van der Waals surface area contributed by atoms with E-state index in [9.17, 15) is 0 Å². The molecule has 1 fully saturated rings. The van der Waals surface area contributed by atoms with E-state index in [0.717, 1.165) is 31.7 Å². The second-order valence-electron chi connectivity index (χ2n) is 5.98. The molecule has 0 amide bonds. The van der Waals surface area contributed by atoms with E-state index in [4.69, 9.17) is 5.73 Å². The second-order valence-corrected chi connectivity index (χ2v) is 5.98. The van der Waals surface area contributed by atoms with E-state index in [-0.39, 0.29) is 0 Å². The third-order valence-electron chi connectivity index (χ3n) is 4.00. The number of nitrogens with two attached hydrogens (primary N) is 1. The van der Waals surface area contributed by atoms with Gasteiger partial charge in [0.05, 0.1) is 5.69 Å². The molecular weight excluding hydrogens is 224 g/mol. The molecule has 1 saturated heterocycles. The predicted octanol–water partition coefficient (Wildman–Crippen LogP) is 1.94. The molecule has 0 spiro atoms. The van der Waals surface area contributed by atoms with Gasteiger partial charge in [0.25, 0.3) is 0 Å². The summed E-state index contributed by atoms with van der Waals surface area (Å²) in [6.07, 6.45) is 3.30. The molecule has 4 heteroatoms. The summed E-state index contributed by atoms with van der Waals surface area (Å²) in [5.74, 6) is 0.596. The van der Waals surface area contributed by atoms with Crippen molar-refractivity contribution in [2.24, 2.45) is 11.7 Å². The van der Waals surface area contributed by atoms with Crippen molar-refractivity contribution in [1.29, 1.82) is 0 Å². The topological polar surface area (TPSA) is 47.1 Å². The number of nitrogens with zero attached hydrogens (tertiary/aromatic N) is 3. The molecule has 0 radical (unpaired) electrons. The largest absolute Gasteiger partial charge is 0.327 e. The van der Waals surface area contributed by atoms with E-state index < -0.39 is 0 Å². The number of hydrogen-bond donors (Lipinski definition) is 1. The Bertz CT molecular complexity index is 396. The normalized spacial score (nSPS) is 25.9. The highest BCUT2D eigenvalue weighted by atomic mass is 15.3. The van der Waals surface area contributed by atoms with Gasteiger partial charge in [0, 0.05) is 36.9 Å². The van der Waals surface area contributed by atoms with Crippen molar-refractivity contribution in [1.82, 2.24) is 14.7 Å². The van der Waals surface area contributed by atoms with Crippen molar-refractivity contribution in [3.8, 4) is 0 Å². The molecule has 0 aliphatic carbocycles. The minimum atomic E-state index is 0.376. The van der Waals surface area contributed by atoms with Crippen molar-refractivity contribution in [3.05, 3.63) is 17.5 Å². The lowest BCUT2D eigenvalue weighted by Gasteiger charge is -2.34. The van der Waals surface area contributed by atoms with E-state index in [1.165, 1.54) is 5.56 Å². The molecule has 2 N–H and O–H groups in total. The van der Waals surface area contributed by atoms with Crippen LogP contribution in [0.3, 0.4) is 0 Å². The zero-order valence-corrected chi connectivity index (χ0v) is 12.1. The predicted molar refractivity (Wildman–Crippen MR) is 74.4 cm³/mol. The van der Waals surface area contributed by atoms with Crippen molar-refractivity contribution in [2.75, 3.05) is 13.1 Å². The fourth-order valence-electron chi connectivity index (χ4n) is 2.57. The monoisotopic (exact) mass is 250 g/mol. The Balaban J connectivity index is 2.01. The van der Waals surface area contributed by atoms with Crippen LogP contribution in [0.2, 0.25) is 0 Å². The Kier molecular flexibility index (Phi) is 4.07. The maximum Gasteiger partial charge on any atom is 0.0638 e. The van der Waals surface area contributed by atoms with Gasteiger partial charge in [0.1, 0.15) is 0 Å². The molecule has 1 aliphatic heterocycles. The molecule has 2 unspecified atom stereocenters. The van der Waals surface area contributed by atoms with Crippen LogP contribution < -0.4 is 5.73 Å². The van der Waals surface area contributed by atoms with Crippen LogP contribution >= 0.6 is 0 Å². The number of aryl methyl sites for hydroxylation is 1. The molecular formula is C14H26N4. The maximum atomic E-state index is 6.06. The molecule has 4 nitrogen and oxygen atoms in total. The summed E-state index contributed by atoms with van der Waals surface area (Å²) in [5, 5.41) is 4.57. The fraction of sp³-hybridized carbons (Fsp3) is 0.786. The van der Waals surface area contributed by atoms with E-state index >= 15 is 0 Å². The summed E-state index contributed by atoms with van der Waals surface area (Å²) in [4.78, 5) is 2.50. The van der Waals surface area contributed by atoms with E-state index in [0.29, 0.717) is 18.0 Å².